The number of furan rings is 1. The maximum Gasteiger partial charge on any atom is 0.115 e. The number of unbranched alkanes of at least 4 members (excludes halogenated alkanes) is 3. The Morgan fingerprint density at radius 3 is 2.48 bits per heavy atom. The monoisotopic (exact) mass is 356 g/mol. The van der Waals surface area contributed by atoms with Gasteiger partial charge in [0.05, 0.1) is 5.92 Å². The van der Waals surface area contributed by atoms with E-state index in [1.165, 1.54) is 59.9 Å². The molecule has 0 N–H and O–H groups in total. The molecule has 138 valence electrons. The van der Waals surface area contributed by atoms with Gasteiger partial charge in [-0.05, 0) is 59.7 Å². The molecule has 1 atom stereocenters. The number of aryl methyl sites for hydroxylation is 2. The smallest absolute Gasteiger partial charge is 0.115 e. The SMILES string of the molecule is CCCCCCc1ccc(-c2cccc3c2C=CC3c2ccc(C)o2)cc1. The van der Waals surface area contributed by atoms with Crippen LogP contribution in [0.15, 0.2) is 65.1 Å². The van der Waals surface area contributed by atoms with Gasteiger partial charge in [-0.2, -0.15) is 0 Å². The van der Waals surface area contributed by atoms with Crippen LogP contribution in [-0.4, -0.2) is 0 Å². The normalized spacial score (nSPS) is 15.3. The zero-order valence-electron chi connectivity index (χ0n) is 16.4. The van der Waals surface area contributed by atoms with Crippen molar-refractivity contribution in [2.75, 3.05) is 0 Å². The highest BCUT2D eigenvalue weighted by atomic mass is 16.3. The largest absolute Gasteiger partial charge is 0.465 e. The van der Waals surface area contributed by atoms with Crippen molar-refractivity contribution in [1.82, 2.24) is 0 Å². The van der Waals surface area contributed by atoms with Crippen molar-refractivity contribution in [3.8, 4) is 11.1 Å². The zero-order chi connectivity index (χ0) is 18.6. The minimum atomic E-state index is 0.228. The van der Waals surface area contributed by atoms with Crippen LogP contribution in [0.4, 0.5) is 0 Å². The molecule has 27 heavy (non-hydrogen) atoms. The van der Waals surface area contributed by atoms with Crippen LogP contribution >= 0.6 is 0 Å². The van der Waals surface area contributed by atoms with E-state index in [1.54, 1.807) is 0 Å². The number of hydrogen-bond acceptors (Lipinski definition) is 1. The Morgan fingerprint density at radius 2 is 1.74 bits per heavy atom. The fourth-order valence-corrected chi connectivity index (χ4v) is 4.06. The van der Waals surface area contributed by atoms with Crippen LogP contribution in [-0.2, 0) is 6.42 Å². The summed E-state index contributed by atoms with van der Waals surface area (Å²) in [6.45, 7) is 4.27. The van der Waals surface area contributed by atoms with Gasteiger partial charge in [0.25, 0.3) is 0 Å². The van der Waals surface area contributed by atoms with Crippen molar-refractivity contribution < 1.29 is 4.42 Å². The quantitative estimate of drug-likeness (QED) is 0.399. The molecule has 1 aliphatic rings. The molecular formula is C26H28O. The van der Waals surface area contributed by atoms with Gasteiger partial charge in [-0.15, -0.1) is 0 Å². The summed E-state index contributed by atoms with van der Waals surface area (Å²) in [5.41, 5.74) is 6.72. The number of allylic oxidation sites excluding steroid dienone is 1. The number of rotatable bonds is 7. The molecule has 0 spiro atoms. The highest BCUT2D eigenvalue weighted by molar-refractivity contribution is 5.81. The third kappa shape index (κ3) is 3.78. The zero-order valence-corrected chi connectivity index (χ0v) is 16.4. The molecule has 0 aliphatic heterocycles. The van der Waals surface area contributed by atoms with E-state index in [1.807, 2.05) is 13.0 Å². The fourth-order valence-electron chi connectivity index (χ4n) is 4.06. The predicted octanol–water partition coefficient (Wildman–Crippen LogP) is 7.54. The van der Waals surface area contributed by atoms with Gasteiger partial charge in [0.1, 0.15) is 11.5 Å². The predicted molar refractivity (Wildman–Crippen MR) is 114 cm³/mol. The summed E-state index contributed by atoms with van der Waals surface area (Å²) >= 11 is 0. The molecule has 0 saturated heterocycles. The summed E-state index contributed by atoms with van der Waals surface area (Å²) in [7, 11) is 0. The van der Waals surface area contributed by atoms with Gasteiger partial charge in [0.2, 0.25) is 0 Å². The van der Waals surface area contributed by atoms with E-state index < -0.39 is 0 Å². The molecule has 0 amide bonds. The molecule has 0 radical (unpaired) electrons. The third-order valence-electron chi connectivity index (χ3n) is 5.58. The van der Waals surface area contributed by atoms with Crippen molar-refractivity contribution in [3.63, 3.8) is 0 Å². The van der Waals surface area contributed by atoms with Crippen LogP contribution in [0.3, 0.4) is 0 Å². The lowest BCUT2D eigenvalue weighted by molar-refractivity contribution is 0.482. The van der Waals surface area contributed by atoms with Gasteiger partial charge in [-0.3, -0.25) is 0 Å². The van der Waals surface area contributed by atoms with E-state index in [-0.39, 0.29) is 5.92 Å². The summed E-state index contributed by atoms with van der Waals surface area (Å²) in [6, 6.07) is 19.9. The molecule has 1 aliphatic carbocycles. The molecule has 0 fully saturated rings. The van der Waals surface area contributed by atoms with Gasteiger partial charge >= 0.3 is 0 Å². The molecule has 3 aromatic rings. The van der Waals surface area contributed by atoms with Crippen LogP contribution < -0.4 is 0 Å². The van der Waals surface area contributed by atoms with Gasteiger partial charge in [-0.1, -0.05) is 80.8 Å². The van der Waals surface area contributed by atoms with E-state index in [2.05, 4.69) is 67.6 Å². The second-order valence-electron chi connectivity index (χ2n) is 7.60. The molecule has 1 heterocycles. The summed E-state index contributed by atoms with van der Waals surface area (Å²) < 4.78 is 5.89. The lowest BCUT2D eigenvalue weighted by Crippen LogP contribution is -1.95. The topological polar surface area (TPSA) is 13.1 Å². The summed E-state index contributed by atoms with van der Waals surface area (Å²) in [4.78, 5) is 0. The van der Waals surface area contributed by atoms with E-state index >= 15 is 0 Å². The molecule has 1 heteroatoms. The van der Waals surface area contributed by atoms with Crippen molar-refractivity contribution in [1.29, 1.82) is 0 Å². The van der Waals surface area contributed by atoms with Crippen molar-refractivity contribution in [2.45, 2.75) is 51.9 Å². The number of benzene rings is 2. The van der Waals surface area contributed by atoms with Crippen LogP contribution in [0.1, 0.15) is 66.7 Å². The average molecular weight is 357 g/mol. The lowest BCUT2D eigenvalue weighted by atomic mass is 9.92. The number of hydrogen-bond donors (Lipinski definition) is 0. The molecule has 1 unspecified atom stereocenters. The Kier molecular flexibility index (Phi) is 5.29. The molecule has 0 bridgehead atoms. The van der Waals surface area contributed by atoms with Gasteiger partial charge < -0.3 is 4.42 Å². The molecule has 1 aromatic heterocycles. The van der Waals surface area contributed by atoms with E-state index in [4.69, 9.17) is 4.42 Å². The first-order chi connectivity index (χ1) is 13.3. The Hall–Kier alpha value is -2.54. The van der Waals surface area contributed by atoms with E-state index in [0.29, 0.717) is 0 Å². The maximum absolute atomic E-state index is 5.89. The Bertz CT molecular complexity index is 927. The van der Waals surface area contributed by atoms with Crippen LogP contribution in [0, 0.1) is 6.92 Å². The lowest BCUT2D eigenvalue weighted by Gasteiger charge is -2.12. The van der Waals surface area contributed by atoms with Gasteiger partial charge in [-0.25, -0.2) is 0 Å². The van der Waals surface area contributed by atoms with Crippen LogP contribution in [0.2, 0.25) is 0 Å². The van der Waals surface area contributed by atoms with Crippen LogP contribution in [0.5, 0.6) is 0 Å². The van der Waals surface area contributed by atoms with Crippen molar-refractivity contribution >= 4 is 6.08 Å². The van der Waals surface area contributed by atoms with E-state index in [9.17, 15) is 0 Å². The van der Waals surface area contributed by atoms with E-state index in [0.717, 1.165) is 11.5 Å². The first kappa shape index (κ1) is 17.9. The standard InChI is InChI=1S/C26H28O/c1-3-4-5-6-8-20-12-14-21(15-13-20)22-9-7-10-23-24(22)16-17-25(23)26-18-11-19(2)27-26/h7,9-18,25H,3-6,8H2,1-2H3. The first-order valence-electron chi connectivity index (χ1n) is 10.2. The second-order valence-corrected chi connectivity index (χ2v) is 7.60. The van der Waals surface area contributed by atoms with Crippen molar-refractivity contribution in [2.24, 2.45) is 0 Å². The molecule has 4 rings (SSSR count). The number of fused-ring (bicyclic) bond motifs is 1. The average Bonchev–Trinajstić information content (AvgIpc) is 3.31. The third-order valence-corrected chi connectivity index (χ3v) is 5.58. The van der Waals surface area contributed by atoms with Crippen molar-refractivity contribution in [3.05, 3.63) is 88.9 Å². The van der Waals surface area contributed by atoms with Gasteiger partial charge in [0, 0.05) is 0 Å². The molecule has 0 saturated carbocycles. The first-order valence-corrected chi connectivity index (χ1v) is 10.2. The Balaban J connectivity index is 1.55. The molecule has 1 nitrogen and oxygen atoms in total. The maximum atomic E-state index is 5.89. The molecular weight excluding hydrogens is 328 g/mol. The highest BCUT2D eigenvalue weighted by Crippen LogP contribution is 2.40. The van der Waals surface area contributed by atoms with Crippen LogP contribution in [0.25, 0.3) is 17.2 Å². The summed E-state index contributed by atoms with van der Waals surface area (Å²) in [6.07, 6.45) is 11.0. The summed E-state index contributed by atoms with van der Waals surface area (Å²) in [5, 5.41) is 0. The minimum absolute atomic E-state index is 0.228. The van der Waals surface area contributed by atoms with Gasteiger partial charge in [0.15, 0.2) is 0 Å². The summed E-state index contributed by atoms with van der Waals surface area (Å²) in [5.74, 6) is 2.23. The highest BCUT2D eigenvalue weighted by Gasteiger charge is 2.23. The fraction of sp³-hybridized carbons (Fsp3) is 0.308. The second kappa shape index (κ2) is 8.00. The molecule has 2 aromatic carbocycles. The minimum Gasteiger partial charge on any atom is -0.465 e. The Labute approximate surface area is 162 Å². The Morgan fingerprint density at radius 1 is 0.889 bits per heavy atom.